The maximum absolute atomic E-state index is 12.6. The van der Waals surface area contributed by atoms with E-state index in [0.29, 0.717) is 24.5 Å². The number of aliphatic hydroxyl groups is 1. The smallest absolute Gasteiger partial charge is 0.335 e. The maximum Gasteiger partial charge on any atom is 0.335 e. The highest BCUT2D eigenvalue weighted by molar-refractivity contribution is 7.89. The fourth-order valence-corrected chi connectivity index (χ4v) is 4.05. The van der Waals surface area contributed by atoms with E-state index < -0.39 is 16.0 Å². The predicted octanol–water partition coefficient (Wildman–Crippen LogP) is 1.72. The number of nitrogens with one attached hydrogen (secondary N) is 2. The summed E-state index contributed by atoms with van der Waals surface area (Å²) < 4.78 is 38.1. The van der Waals surface area contributed by atoms with E-state index in [4.69, 9.17) is 14.6 Å². The minimum absolute atomic E-state index is 0.0429. The van der Waals surface area contributed by atoms with Crippen LogP contribution in [-0.4, -0.2) is 58.5 Å². The molecule has 0 atom stereocenters. The third kappa shape index (κ3) is 6.09. The average molecular weight is 439 g/mol. The Bertz CT molecular complexity index is 977. The molecule has 0 heterocycles. The lowest BCUT2D eigenvalue weighted by Crippen LogP contribution is -2.26. The molecule has 30 heavy (non-hydrogen) atoms. The number of benzene rings is 2. The lowest BCUT2D eigenvalue weighted by atomic mass is 10.1. The minimum Gasteiger partial charge on any atom is -0.493 e. The van der Waals surface area contributed by atoms with Crippen LogP contribution in [0.4, 0.5) is 5.69 Å². The van der Waals surface area contributed by atoms with E-state index >= 15 is 0 Å². The SMILES string of the molecule is COc1ccc(CCNc2ccc(C(=O)O)cc2S(=O)(=O)NCCCO)cc1OC. The first-order valence-corrected chi connectivity index (χ1v) is 10.7. The molecule has 0 aliphatic heterocycles. The highest BCUT2D eigenvalue weighted by Gasteiger charge is 2.20. The topological polar surface area (TPSA) is 134 Å². The number of rotatable bonds is 12. The van der Waals surface area contributed by atoms with Crippen LogP contribution in [0.3, 0.4) is 0 Å². The van der Waals surface area contributed by atoms with E-state index in [0.717, 1.165) is 11.6 Å². The molecule has 2 aromatic carbocycles. The van der Waals surface area contributed by atoms with Crippen molar-refractivity contribution in [3.05, 3.63) is 47.5 Å². The van der Waals surface area contributed by atoms with Crippen LogP contribution in [0, 0.1) is 0 Å². The number of sulfonamides is 1. The number of aliphatic hydroxyl groups excluding tert-OH is 1. The second-order valence-electron chi connectivity index (χ2n) is 6.36. The molecule has 0 spiro atoms. The first-order valence-electron chi connectivity index (χ1n) is 9.25. The van der Waals surface area contributed by atoms with Crippen LogP contribution < -0.4 is 19.5 Å². The van der Waals surface area contributed by atoms with Gasteiger partial charge < -0.3 is 25.0 Å². The summed E-state index contributed by atoms with van der Waals surface area (Å²) in [4.78, 5) is 11.1. The quantitative estimate of drug-likeness (QED) is 0.368. The maximum atomic E-state index is 12.6. The summed E-state index contributed by atoms with van der Waals surface area (Å²) in [6.07, 6.45) is 0.818. The molecule has 0 bridgehead atoms. The summed E-state index contributed by atoms with van der Waals surface area (Å²) >= 11 is 0. The van der Waals surface area contributed by atoms with E-state index in [1.165, 1.54) is 12.1 Å². The number of carbonyl (C=O) groups is 1. The zero-order valence-electron chi connectivity index (χ0n) is 16.8. The minimum atomic E-state index is -3.96. The Balaban J connectivity index is 2.19. The van der Waals surface area contributed by atoms with Gasteiger partial charge in [-0.05, 0) is 48.7 Å². The molecule has 0 unspecified atom stereocenters. The first kappa shape index (κ1) is 23.5. The number of methoxy groups -OCH3 is 2. The normalized spacial score (nSPS) is 11.2. The molecule has 0 aliphatic carbocycles. The Hall–Kier alpha value is -2.82. The van der Waals surface area contributed by atoms with E-state index in [9.17, 15) is 18.3 Å². The summed E-state index contributed by atoms with van der Waals surface area (Å²) in [5.41, 5.74) is 1.10. The zero-order chi connectivity index (χ0) is 22.1. The van der Waals surface area contributed by atoms with Crippen LogP contribution in [0.15, 0.2) is 41.3 Å². The molecule has 0 aliphatic rings. The lowest BCUT2D eigenvalue weighted by molar-refractivity contribution is 0.0696. The van der Waals surface area contributed by atoms with Gasteiger partial charge in [0.2, 0.25) is 10.0 Å². The number of aromatic carboxylic acids is 1. The molecule has 0 fully saturated rings. The summed E-state index contributed by atoms with van der Waals surface area (Å²) in [6.45, 7) is 0.288. The van der Waals surface area contributed by atoms with Crippen molar-refractivity contribution in [1.82, 2.24) is 4.72 Å². The monoisotopic (exact) mass is 438 g/mol. The number of carboxylic acids is 1. The van der Waals surface area contributed by atoms with Gasteiger partial charge >= 0.3 is 5.97 Å². The Morgan fingerprint density at radius 1 is 1.03 bits per heavy atom. The molecule has 0 saturated heterocycles. The Kier molecular flexibility index (Phi) is 8.46. The van der Waals surface area contributed by atoms with Crippen molar-refractivity contribution in [2.45, 2.75) is 17.7 Å². The number of anilines is 1. The molecular weight excluding hydrogens is 412 g/mol. The van der Waals surface area contributed by atoms with Gasteiger partial charge in [-0.3, -0.25) is 0 Å². The van der Waals surface area contributed by atoms with Crippen LogP contribution in [0.1, 0.15) is 22.3 Å². The number of carboxylic acid groups (broad SMARTS) is 1. The fraction of sp³-hybridized carbons (Fsp3) is 0.350. The molecule has 164 valence electrons. The van der Waals surface area contributed by atoms with Gasteiger partial charge in [0.25, 0.3) is 0 Å². The third-order valence-electron chi connectivity index (χ3n) is 4.32. The fourth-order valence-electron chi connectivity index (χ4n) is 2.76. The first-order chi connectivity index (χ1) is 14.3. The molecule has 4 N–H and O–H groups in total. The van der Waals surface area contributed by atoms with Crippen LogP contribution in [0.2, 0.25) is 0 Å². The van der Waals surface area contributed by atoms with E-state index in [1.54, 1.807) is 20.3 Å². The van der Waals surface area contributed by atoms with Gasteiger partial charge in [0.05, 0.1) is 25.5 Å². The Labute approximate surface area is 175 Å². The zero-order valence-corrected chi connectivity index (χ0v) is 17.7. The van der Waals surface area contributed by atoms with Crippen LogP contribution in [-0.2, 0) is 16.4 Å². The van der Waals surface area contributed by atoms with E-state index in [1.807, 2.05) is 12.1 Å². The van der Waals surface area contributed by atoms with Gasteiger partial charge in [0, 0.05) is 19.7 Å². The summed E-state index contributed by atoms with van der Waals surface area (Å²) in [7, 11) is -0.859. The van der Waals surface area contributed by atoms with E-state index in [2.05, 4.69) is 10.0 Å². The number of hydrogen-bond donors (Lipinski definition) is 4. The van der Waals surface area contributed by atoms with E-state index in [-0.39, 0.29) is 35.7 Å². The standard InChI is InChI=1S/C20H26N2O7S/c1-28-17-7-4-14(12-18(17)29-2)8-10-21-16-6-5-15(20(24)25)13-19(16)30(26,27)22-9-3-11-23/h4-7,12-13,21-23H,3,8-11H2,1-2H3,(H,24,25). The predicted molar refractivity (Wildman–Crippen MR) is 112 cm³/mol. The summed E-state index contributed by atoms with van der Waals surface area (Å²) in [6, 6.07) is 9.39. The van der Waals surface area contributed by atoms with Crippen molar-refractivity contribution in [2.75, 3.05) is 39.2 Å². The third-order valence-corrected chi connectivity index (χ3v) is 5.82. The summed E-state index contributed by atoms with van der Waals surface area (Å²) in [5.74, 6) is -0.0170. The molecular formula is C20H26N2O7S. The van der Waals surface area contributed by atoms with Gasteiger partial charge in [-0.25, -0.2) is 17.9 Å². The van der Waals surface area contributed by atoms with Crippen molar-refractivity contribution in [1.29, 1.82) is 0 Å². The lowest BCUT2D eigenvalue weighted by Gasteiger charge is -2.15. The molecule has 0 saturated carbocycles. The van der Waals surface area contributed by atoms with Gasteiger partial charge in [-0.2, -0.15) is 0 Å². The van der Waals surface area contributed by atoms with Crippen LogP contribution in [0.5, 0.6) is 11.5 Å². The highest BCUT2D eigenvalue weighted by Crippen LogP contribution is 2.28. The number of ether oxygens (including phenoxy) is 2. The van der Waals surface area contributed by atoms with Gasteiger partial charge in [-0.15, -0.1) is 0 Å². The summed E-state index contributed by atoms with van der Waals surface area (Å²) in [5, 5.41) is 21.1. The Morgan fingerprint density at radius 2 is 1.77 bits per heavy atom. The largest absolute Gasteiger partial charge is 0.493 e. The molecule has 9 nitrogen and oxygen atoms in total. The van der Waals surface area contributed by atoms with Gasteiger partial charge in [0.15, 0.2) is 11.5 Å². The van der Waals surface area contributed by atoms with Crippen molar-refractivity contribution in [3.63, 3.8) is 0 Å². The second kappa shape index (κ2) is 10.8. The molecule has 0 aromatic heterocycles. The molecule has 2 aromatic rings. The van der Waals surface area contributed by atoms with Crippen molar-refractivity contribution < 1.29 is 32.9 Å². The van der Waals surface area contributed by atoms with Crippen molar-refractivity contribution in [2.24, 2.45) is 0 Å². The van der Waals surface area contributed by atoms with Crippen LogP contribution >= 0.6 is 0 Å². The molecule has 0 amide bonds. The molecule has 10 heteroatoms. The van der Waals surface area contributed by atoms with Crippen LogP contribution in [0.25, 0.3) is 0 Å². The number of hydrogen-bond acceptors (Lipinski definition) is 7. The van der Waals surface area contributed by atoms with Crippen molar-refractivity contribution >= 4 is 21.7 Å². The second-order valence-corrected chi connectivity index (χ2v) is 8.09. The molecule has 2 rings (SSSR count). The Morgan fingerprint density at radius 3 is 2.40 bits per heavy atom. The average Bonchev–Trinajstić information content (AvgIpc) is 2.73. The van der Waals surface area contributed by atoms with Gasteiger partial charge in [0.1, 0.15) is 4.90 Å². The van der Waals surface area contributed by atoms with Gasteiger partial charge in [-0.1, -0.05) is 6.07 Å². The van der Waals surface area contributed by atoms with Crippen molar-refractivity contribution in [3.8, 4) is 11.5 Å². The molecule has 0 radical (unpaired) electrons. The highest BCUT2D eigenvalue weighted by atomic mass is 32.2.